The van der Waals surface area contributed by atoms with E-state index in [1.54, 1.807) is 22.8 Å². The van der Waals surface area contributed by atoms with E-state index in [4.69, 9.17) is 21.1 Å². The van der Waals surface area contributed by atoms with Crippen LogP contribution >= 0.6 is 11.6 Å². The van der Waals surface area contributed by atoms with Gasteiger partial charge in [-0.1, -0.05) is 17.7 Å². The Morgan fingerprint density at radius 2 is 1.89 bits per heavy atom. The largest absolute Gasteiger partial charge is 0.495 e. The molecule has 0 saturated heterocycles. The number of aromatic nitrogens is 3. The zero-order valence-electron chi connectivity index (χ0n) is 19.7. The highest BCUT2D eigenvalue weighted by molar-refractivity contribution is 6.32. The summed E-state index contributed by atoms with van der Waals surface area (Å²) in [6.45, 7) is 3.79. The lowest BCUT2D eigenvalue weighted by Crippen LogP contribution is -2.24. The number of methoxy groups -OCH3 is 2. The average molecular weight is 499 g/mol. The van der Waals surface area contributed by atoms with Crippen molar-refractivity contribution >= 4 is 34.2 Å². The summed E-state index contributed by atoms with van der Waals surface area (Å²) in [6, 6.07) is 9.23. The van der Waals surface area contributed by atoms with Crippen LogP contribution in [-0.2, 0) is 11.3 Å². The topological polar surface area (TPSA) is 87.4 Å². The number of nitrogens with zero attached hydrogens (tertiary/aromatic N) is 3. The number of amides is 1. The Labute approximate surface area is 205 Å². The molecule has 0 bridgehead atoms. The summed E-state index contributed by atoms with van der Waals surface area (Å²) < 4.78 is 27.4. The molecule has 0 saturated carbocycles. The third-order valence-corrected chi connectivity index (χ3v) is 6.17. The van der Waals surface area contributed by atoms with Crippen molar-refractivity contribution < 1.29 is 18.7 Å². The summed E-state index contributed by atoms with van der Waals surface area (Å²) in [6.07, 6.45) is 1.42. The van der Waals surface area contributed by atoms with Crippen LogP contribution in [-0.4, -0.2) is 34.2 Å². The molecule has 2 aromatic carbocycles. The number of anilines is 1. The average Bonchev–Trinajstić information content (AvgIpc) is 3.09. The third-order valence-electron chi connectivity index (χ3n) is 5.88. The quantitative estimate of drug-likeness (QED) is 0.401. The van der Waals surface area contributed by atoms with Gasteiger partial charge in [-0.15, -0.1) is 0 Å². The Hall–Kier alpha value is -3.85. The second-order valence-corrected chi connectivity index (χ2v) is 8.36. The van der Waals surface area contributed by atoms with Gasteiger partial charge in [-0.2, -0.15) is 0 Å². The SMILES string of the molecule is COc1cc(OC)c(NC(=O)CCn2cnc3c(c(C)c(C)n3-c3cccc(F)c3)c2=O)cc1Cl. The summed E-state index contributed by atoms with van der Waals surface area (Å²) in [5.74, 6) is 0.102. The molecule has 1 N–H and O–H groups in total. The maximum Gasteiger partial charge on any atom is 0.263 e. The summed E-state index contributed by atoms with van der Waals surface area (Å²) in [7, 11) is 2.95. The normalized spacial score (nSPS) is 11.0. The molecule has 35 heavy (non-hydrogen) atoms. The Morgan fingerprint density at radius 3 is 2.57 bits per heavy atom. The van der Waals surface area contributed by atoms with Crippen molar-refractivity contribution in [2.24, 2.45) is 0 Å². The number of carbonyl (C=O) groups excluding carboxylic acids is 1. The van der Waals surface area contributed by atoms with Crippen LogP contribution in [0.3, 0.4) is 0 Å². The first-order valence-corrected chi connectivity index (χ1v) is 11.2. The molecule has 0 aliphatic heterocycles. The predicted octanol–water partition coefficient (Wildman–Crippen LogP) is 4.64. The summed E-state index contributed by atoms with van der Waals surface area (Å²) >= 11 is 6.17. The lowest BCUT2D eigenvalue weighted by Gasteiger charge is -2.13. The van der Waals surface area contributed by atoms with Gasteiger partial charge in [0.2, 0.25) is 5.91 Å². The minimum atomic E-state index is -0.379. The van der Waals surface area contributed by atoms with E-state index in [-0.39, 0.29) is 30.2 Å². The molecule has 2 heterocycles. The molecule has 1 amide bonds. The minimum Gasteiger partial charge on any atom is -0.495 e. The molecule has 0 atom stereocenters. The molecule has 0 spiro atoms. The number of benzene rings is 2. The van der Waals surface area contributed by atoms with Crippen molar-refractivity contribution in [3.05, 3.63) is 75.2 Å². The number of ether oxygens (including phenoxy) is 2. The van der Waals surface area contributed by atoms with Crippen molar-refractivity contribution in [2.75, 3.05) is 19.5 Å². The number of rotatable bonds is 7. The van der Waals surface area contributed by atoms with Gasteiger partial charge in [-0.3, -0.25) is 18.7 Å². The minimum absolute atomic E-state index is 0.0164. The van der Waals surface area contributed by atoms with Gasteiger partial charge >= 0.3 is 0 Å². The molecule has 4 rings (SSSR count). The van der Waals surface area contributed by atoms with E-state index in [1.165, 1.54) is 43.3 Å². The summed E-state index contributed by atoms with van der Waals surface area (Å²) in [5, 5.41) is 3.50. The fraction of sp³-hybridized carbons (Fsp3) is 0.240. The smallest absolute Gasteiger partial charge is 0.263 e. The molecular weight excluding hydrogens is 475 g/mol. The van der Waals surface area contributed by atoms with E-state index in [1.807, 2.05) is 13.8 Å². The summed E-state index contributed by atoms with van der Waals surface area (Å²) in [4.78, 5) is 30.3. The van der Waals surface area contributed by atoms with Crippen LogP contribution < -0.4 is 20.3 Å². The fourth-order valence-electron chi connectivity index (χ4n) is 3.97. The van der Waals surface area contributed by atoms with E-state index >= 15 is 0 Å². The Morgan fingerprint density at radius 1 is 1.14 bits per heavy atom. The van der Waals surface area contributed by atoms with E-state index in [0.717, 1.165) is 11.3 Å². The molecule has 10 heteroatoms. The van der Waals surface area contributed by atoms with Gasteiger partial charge in [0.25, 0.3) is 5.56 Å². The zero-order chi connectivity index (χ0) is 25.3. The number of halogens is 2. The van der Waals surface area contributed by atoms with Crippen LogP contribution in [0.15, 0.2) is 47.5 Å². The number of carbonyl (C=O) groups is 1. The van der Waals surface area contributed by atoms with Crippen molar-refractivity contribution in [3.8, 4) is 17.2 Å². The van der Waals surface area contributed by atoms with Crippen molar-refractivity contribution in [3.63, 3.8) is 0 Å². The number of nitrogens with one attached hydrogen (secondary N) is 1. The molecule has 0 fully saturated rings. The zero-order valence-corrected chi connectivity index (χ0v) is 20.4. The highest BCUT2D eigenvalue weighted by atomic mass is 35.5. The van der Waals surface area contributed by atoms with Gasteiger partial charge in [-0.05, 0) is 43.7 Å². The lowest BCUT2D eigenvalue weighted by molar-refractivity contribution is -0.116. The van der Waals surface area contributed by atoms with Crippen LogP contribution in [0.2, 0.25) is 5.02 Å². The van der Waals surface area contributed by atoms with Gasteiger partial charge in [0.15, 0.2) is 5.65 Å². The molecular formula is C25H24ClFN4O4. The molecule has 2 aromatic heterocycles. The van der Waals surface area contributed by atoms with E-state index < -0.39 is 0 Å². The van der Waals surface area contributed by atoms with E-state index in [0.29, 0.717) is 38.9 Å². The van der Waals surface area contributed by atoms with Gasteiger partial charge in [0.1, 0.15) is 17.3 Å². The second-order valence-electron chi connectivity index (χ2n) is 7.95. The standard InChI is InChI=1S/C25H24ClFN4O4/c1-14-15(2)31(17-7-5-6-16(27)10-17)24-23(14)25(33)30(13-28-24)9-8-22(32)29-19-11-18(26)20(34-3)12-21(19)35-4/h5-7,10-13H,8-9H2,1-4H3,(H,29,32). The van der Waals surface area contributed by atoms with Crippen LogP contribution in [0.4, 0.5) is 10.1 Å². The fourth-order valence-corrected chi connectivity index (χ4v) is 4.21. The van der Waals surface area contributed by atoms with Crippen molar-refractivity contribution in [1.29, 1.82) is 0 Å². The maximum absolute atomic E-state index is 13.8. The molecule has 0 aliphatic carbocycles. The second kappa shape index (κ2) is 9.79. The van der Waals surface area contributed by atoms with Crippen LogP contribution in [0, 0.1) is 19.7 Å². The van der Waals surface area contributed by atoms with Gasteiger partial charge in [0, 0.05) is 24.7 Å². The first kappa shape index (κ1) is 24.3. The Kier molecular flexibility index (Phi) is 6.79. The number of fused-ring (bicyclic) bond motifs is 1. The van der Waals surface area contributed by atoms with Crippen LogP contribution in [0.1, 0.15) is 17.7 Å². The Bertz CT molecular complexity index is 1500. The number of hydrogen-bond donors (Lipinski definition) is 1. The van der Waals surface area contributed by atoms with Crippen molar-refractivity contribution in [2.45, 2.75) is 26.8 Å². The van der Waals surface area contributed by atoms with E-state index in [9.17, 15) is 14.0 Å². The van der Waals surface area contributed by atoms with E-state index in [2.05, 4.69) is 10.3 Å². The monoisotopic (exact) mass is 498 g/mol. The first-order chi connectivity index (χ1) is 16.7. The van der Waals surface area contributed by atoms with Gasteiger partial charge in [-0.25, -0.2) is 9.37 Å². The molecule has 182 valence electrons. The molecule has 0 unspecified atom stereocenters. The Balaban J connectivity index is 1.59. The predicted molar refractivity (Wildman–Crippen MR) is 133 cm³/mol. The lowest BCUT2D eigenvalue weighted by atomic mass is 10.2. The first-order valence-electron chi connectivity index (χ1n) is 10.8. The molecule has 8 nitrogen and oxygen atoms in total. The summed E-state index contributed by atoms with van der Waals surface area (Å²) in [5.41, 5.74) is 2.67. The van der Waals surface area contributed by atoms with Crippen molar-refractivity contribution in [1.82, 2.24) is 14.1 Å². The number of hydrogen-bond acceptors (Lipinski definition) is 5. The van der Waals surface area contributed by atoms with Crippen LogP contribution in [0.5, 0.6) is 11.5 Å². The maximum atomic E-state index is 13.8. The third kappa shape index (κ3) is 4.59. The molecule has 0 radical (unpaired) electrons. The van der Waals surface area contributed by atoms with Crippen LogP contribution in [0.25, 0.3) is 16.7 Å². The highest BCUT2D eigenvalue weighted by Crippen LogP contribution is 2.36. The molecule has 0 aliphatic rings. The van der Waals surface area contributed by atoms with Gasteiger partial charge < -0.3 is 14.8 Å². The van der Waals surface area contributed by atoms with Gasteiger partial charge in [0.05, 0.1) is 42.3 Å². The molecule has 4 aromatic rings. The highest BCUT2D eigenvalue weighted by Gasteiger charge is 2.19. The number of aryl methyl sites for hydroxylation is 2.